The molecule has 6 rings (SSSR count). The van der Waals surface area contributed by atoms with Gasteiger partial charge in [0.25, 0.3) is 5.91 Å². The number of nitrogens with zero attached hydrogens (tertiary/aromatic N) is 7. The standard InChI is InChI=1S/C31H36FN9O3/c1-20(42)30(43)41-9-8-28(26(32)16-41)37-27-7-2-21(14-22(27)15-33)29-34-19-35-31(38-29)36-23-3-5-24(6-4-23)39-10-12-40(13-11-39)25-17-44-18-25/h2-7,14,19-20,25-26,28,37,42H,8-13,16-18H2,1H3,(H,34,35,36,38)/t20-,26-,28-/m0/s1. The van der Waals surface area contributed by atoms with Crippen molar-refractivity contribution in [3.05, 3.63) is 54.4 Å². The van der Waals surface area contributed by atoms with Crippen LogP contribution >= 0.6 is 0 Å². The Hall–Kier alpha value is -4.38. The summed E-state index contributed by atoms with van der Waals surface area (Å²) in [4.78, 5) is 31.4. The molecule has 0 saturated carbocycles. The maximum absolute atomic E-state index is 14.9. The number of hydrogen-bond donors (Lipinski definition) is 3. The van der Waals surface area contributed by atoms with E-state index in [9.17, 15) is 19.6 Å². The number of rotatable bonds is 8. The number of nitriles is 1. The van der Waals surface area contributed by atoms with E-state index in [-0.39, 0.29) is 6.54 Å². The maximum Gasteiger partial charge on any atom is 0.251 e. The SMILES string of the molecule is C[C@H](O)C(=O)N1CC[C@H](Nc2ccc(-c3ncnc(Nc4ccc(N5CCN(C6COC6)CC5)cc4)n3)cc2C#N)[C@@H](F)C1. The van der Waals surface area contributed by atoms with Crippen molar-refractivity contribution in [1.82, 2.24) is 24.8 Å². The van der Waals surface area contributed by atoms with Crippen molar-refractivity contribution in [2.75, 3.05) is 68.0 Å². The zero-order valence-electron chi connectivity index (χ0n) is 24.6. The maximum atomic E-state index is 14.9. The number of amides is 1. The number of benzene rings is 2. The molecule has 3 saturated heterocycles. The Bertz CT molecular complexity index is 1500. The molecule has 0 radical (unpaired) electrons. The second-order valence-electron chi connectivity index (χ2n) is 11.4. The Morgan fingerprint density at radius 1 is 1.11 bits per heavy atom. The van der Waals surface area contributed by atoms with Crippen LogP contribution in [0.3, 0.4) is 0 Å². The fourth-order valence-electron chi connectivity index (χ4n) is 5.79. The van der Waals surface area contributed by atoms with Crippen LogP contribution in [-0.4, -0.2) is 113 Å². The van der Waals surface area contributed by atoms with Crippen molar-refractivity contribution in [2.45, 2.75) is 37.7 Å². The average molecular weight is 602 g/mol. The quantitative estimate of drug-likeness (QED) is 0.350. The second-order valence-corrected chi connectivity index (χ2v) is 11.4. The smallest absolute Gasteiger partial charge is 0.251 e. The lowest BCUT2D eigenvalue weighted by molar-refractivity contribution is -0.141. The molecule has 3 aliphatic heterocycles. The zero-order chi connectivity index (χ0) is 30.6. The van der Waals surface area contributed by atoms with Crippen LogP contribution in [0.15, 0.2) is 48.8 Å². The number of hydrogen-bond acceptors (Lipinski definition) is 11. The fraction of sp³-hybridized carbons (Fsp3) is 0.452. The largest absolute Gasteiger partial charge is 0.384 e. The van der Waals surface area contributed by atoms with E-state index in [1.165, 1.54) is 23.8 Å². The molecule has 12 nitrogen and oxygen atoms in total. The third-order valence-corrected chi connectivity index (χ3v) is 8.46. The van der Waals surface area contributed by atoms with Crippen LogP contribution in [0, 0.1) is 11.3 Å². The van der Waals surface area contributed by atoms with Crippen molar-refractivity contribution < 1.29 is 19.0 Å². The average Bonchev–Trinajstić information content (AvgIpc) is 3.02. The molecule has 1 aromatic heterocycles. The summed E-state index contributed by atoms with van der Waals surface area (Å²) >= 11 is 0. The van der Waals surface area contributed by atoms with Crippen LogP contribution in [0.2, 0.25) is 0 Å². The normalized spacial score (nSPS) is 21.7. The molecule has 3 aliphatic rings. The van der Waals surface area contributed by atoms with E-state index >= 15 is 0 Å². The first-order valence-corrected chi connectivity index (χ1v) is 14.9. The summed E-state index contributed by atoms with van der Waals surface area (Å²) in [5.74, 6) is 0.282. The number of nitrogens with one attached hydrogen (secondary N) is 2. The molecule has 2 aromatic carbocycles. The minimum absolute atomic E-state index is 0.113. The van der Waals surface area contributed by atoms with Crippen molar-refractivity contribution in [2.24, 2.45) is 0 Å². The topological polar surface area (TPSA) is 143 Å². The second kappa shape index (κ2) is 13.1. The number of likely N-dealkylation sites (tertiary alicyclic amines) is 1. The molecule has 44 heavy (non-hydrogen) atoms. The van der Waals surface area contributed by atoms with Crippen molar-refractivity contribution in [3.8, 4) is 17.5 Å². The Morgan fingerprint density at radius 3 is 2.55 bits per heavy atom. The summed E-state index contributed by atoms with van der Waals surface area (Å²) in [7, 11) is 0. The molecule has 4 heterocycles. The number of piperidine rings is 1. The molecule has 0 unspecified atom stereocenters. The molecule has 3 N–H and O–H groups in total. The van der Waals surface area contributed by atoms with Gasteiger partial charge in [0.2, 0.25) is 5.95 Å². The van der Waals surface area contributed by atoms with Gasteiger partial charge in [0, 0.05) is 49.7 Å². The Morgan fingerprint density at radius 2 is 1.89 bits per heavy atom. The molecule has 0 bridgehead atoms. The highest BCUT2D eigenvalue weighted by Gasteiger charge is 2.33. The molecule has 3 aromatic rings. The third kappa shape index (κ3) is 6.57. The number of anilines is 4. The lowest BCUT2D eigenvalue weighted by Crippen LogP contribution is -2.56. The molecule has 230 valence electrons. The molecular weight excluding hydrogens is 565 g/mol. The number of carbonyl (C=O) groups is 1. The van der Waals surface area contributed by atoms with Gasteiger partial charge < -0.3 is 30.3 Å². The van der Waals surface area contributed by atoms with E-state index < -0.39 is 24.2 Å². The number of aliphatic hydroxyl groups is 1. The van der Waals surface area contributed by atoms with E-state index in [0.29, 0.717) is 47.6 Å². The van der Waals surface area contributed by atoms with Crippen LogP contribution in [0.4, 0.5) is 27.4 Å². The summed E-state index contributed by atoms with van der Waals surface area (Å²) in [6, 6.07) is 15.5. The third-order valence-electron chi connectivity index (χ3n) is 8.46. The fourth-order valence-corrected chi connectivity index (χ4v) is 5.79. The van der Waals surface area contributed by atoms with Gasteiger partial charge in [-0.2, -0.15) is 10.2 Å². The predicted octanol–water partition coefficient (Wildman–Crippen LogP) is 2.41. The van der Waals surface area contributed by atoms with Crippen LogP contribution in [0.25, 0.3) is 11.4 Å². The monoisotopic (exact) mass is 601 g/mol. The molecule has 3 fully saturated rings. The van der Waals surface area contributed by atoms with Gasteiger partial charge >= 0.3 is 0 Å². The van der Waals surface area contributed by atoms with Crippen molar-refractivity contribution in [1.29, 1.82) is 5.26 Å². The molecule has 0 aliphatic carbocycles. The Kier molecular flexibility index (Phi) is 8.83. The predicted molar refractivity (Wildman–Crippen MR) is 163 cm³/mol. The summed E-state index contributed by atoms with van der Waals surface area (Å²) in [6.45, 7) is 7.31. The minimum Gasteiger partial charge on any atom is -0.384 e. The number of aromatic nitrogens is 3. The number of ether oxygens (including phenoxy) is 1. The summed E-state index contributed by atoms with van der Waals surface area (Å²) in [5.41, 5.74) is 3.45. The highest BCUT2D eigenvalue weighted by molar-refractivity contribution is 5.80. The van der Waals surface area contributed by atoms with E-state index in [0.717, 1.165) is 45.1 Å². The summed E-state index contributed by atoms with van der Waals surface area (Å²) in [6.07, 6.45) is -0.746. The van der Waals surface area contributed by atoms with Gasteiger partial charge in [-0.1, -0.05) is 0 Å². The highest BCUT2D eigenvalue weighted by Crippen LogP contribution is 2.27. The first kappa shape index (κ1) is 29.7. The van der Waals surface area contributed by atoms with Gasteiger partial charge in [0.15, 0.2) is 5.82 Å². The lowest BCUT2D eigenvalue weighted by Gasteiger charge is -2.43. The number of piperazine rings is 1. The molecule has 0 spiro atoms. The summed E-state index contributed by atoms with van der Waals surface area (Å²) < 4.78 is 20.3. The van der Waals surface area contributed by atoms with Crippen LogP contribution in [0.5, 0.6) is 0 Å². The Labute approximate surface area is 255 Å². The van der Waals surface area contributed by atoms with Gasteiger partial charge in [0.1, 0.15) is 24.7 Å². The molecule has 13 heteroatoms. The Balaban J connectivity index is 1.07. The lowest BCUT2D eigenvalue weighted by atomic mass is 10.0. The summed E-state index contributed by atoms with van der Waals surface area (Å²) in [5, 5.41) is 25.7. The van der Waals surface area contributed by atoms with E-state index in [1.54, 1.807) is 18.2 Å². The number of alkyl halides is 1. The first-order valence-electron chi connectivity index (χ1n) is 14.9. The van der Waals surface area contributed by atoms with Gasteiger partial charge in [-0.15, -0.1) is 0 Å². The van der Waals surface area contributed by atoms with E-state index in [2.05, 4.69) is 53.6 Å². The van der Waals surface area contributed by atoms with Crippen LogP contribution < -0.4 is 15.5 Å². The van der Waals surface area contributed by atoms with Gasteiger partial charge in [0.05, 0.1) is 43.1 Å². The number of aliphatic hydroxyl groups excluding tert-OH is 1. The van der Waals surface area contributed by atoms with Crippen LogP contribution in [-0.2, 0) is 9.53 Å². The van der Waals surface area contributed by atoms with Crippen LogP contribution in [0.1, 0.15) is 18.9 Å². The molecule has 1 amide bonds. The highest BCUT2D eigenvalue weighted by atomic mass is 19.1. The number of carbonyl (C=O) groups excluding carboxylic acids is 1. The molecular formula is C31H36FN9O3. The minimum atomic E-state index is -1.35. The first-order chi connectivity index (χ1) is 21.4. The number of halogens is 1. The van der Waals surface area contributed by atoms with Crippen molar-refractivity contribution >= 4 is 28.9 Å². The zero-order valence-corrected chi connectivity index (χ0v) is 24.6. The molecule has 3 atom stereocenters. The van der Waals surface area contributed by atoms with Gasteiger partial charge in [-0.05, 0) is 55.8 Å². The van der Waals surface area contributed by atoms with Crippen molar-refractivity contribution in [3.63, 3.8) is 0 Å². The van der Waals surface area contributed by atoms with Gasteiger partial charge in [-0.3, -0.25) is 9.69 Å². The van der Waals surface area contributed by atoms with Gasteiger partial charge in [-0.25, -0.2) is 14.4 Å². The van der Waals surface area contributed by atoms with E-state index in [1.807, 2.05) is 12.1 Å². The van der Waals surface area contributed by atoms with E-state index in [4.69, 9.17) is 4.74 Å².